The Morgan fingerprint density at radius 2 is 2.11 bits per heavy atom. The molecule has 108 valence electrons. The van der Waals surface area contributed by atoms with Gasteiger partial charge in [0.2, 0.25) is 10.0 Å². The summed E-state index contributed by atoms with van der Waals surface area (Å²) in [4.78, 5) is 0.0355. The highest BCUT2D eigenvalue weighted by Crippen LogP contribution is 2.21. The molecule has 1 aromatic heterocycles. The Morgan fingerprint density at radius 3 is 2.58 bits per heavy atom. The van der Waals surface area contributed by atoms with E-state index in [0.717, 1.165) is 0 Å². The summed E-state index contributed by atoms with van der Waals surface area (Å²) in [5.74, 6) is 0.228. The van der Waals surface area contributed by atoms with E-state index in [-0.39, 0.29) is 34.6 Å². The van der Waals surface area contributed by atoms with Crippen LogP contribution in [0, 0.1) is 19.8 Å². The molecule has 0 saturated carbocycles. The van der Waals surface area contributed by atoms with Crippen LogP contribution in [-0.4, -0.2) is 40.0 Å². The van der Waals surface area contributed by atoms with Crippen molar-refractivity contribution in [1.29, 1.82) is 0 Å². The minimum atomic E-state index is -3.70. The number of sulfonamides is 1. The topological polar surface area (TPSA) is 106 Å². The van der Waals surface area contributed by atoms with Crippen molar-refractivity contribution in [3.05, 3.63) is 11.5 Å². The predicted molar refractivity (Wildman–Crippen MR) is 67.9 cm³/mol. The lowest BCUT2D eigenvalue weighted by molar-refractivity contribution is 0.390. The van der Waals surface area contributed by atoms with Crippen LogP contribution in [0.5, 0.6) is 0 Å². The van der Waals surface area contributed by atoms with E-state index >= 15 is 0 Å². The van der Waals surface area contributed by atoms with Crippen molar-refractivity contribution >= 4 is 19.9 Å². The van der Waals surface area contributed by atoms with Gasteiger partial charge in [-0.05, 0) is 26.2 Å². The summed E-state index contributed by atoms with van der Waals surface area (Å²) < 4.78 is 54.0. The summed E-state index contributed by atoms with van der Waals surface area (Å²) in [7, 11) is -6.70. The maximum absolute atomic E-state index is 12.1. The number of hydrogen-bond donors (Lipinski definition) is 1. The molecule has 19 heavy (non-hydrogen) atoms. The Morgan fingerprint density at radius 1 is 1.42 bits per heavy atom. The molecule has 1 fully saturated rings. The maximum atomic E-state index is 12.1. The van der Waals surface area contributed by atoms with Gasteiger partial charge in [0.1, 0.15) is 10.6 Å². The fourth-order valence-electron chi connectivity index (χ4n) is 2.19. The molecule has 9 heteroatoms. The predicted octanol–water partition coefficient (Wildman–Crippen LogP) is 0.00444. The van der Waals surface area contributed by atoms with Crippen LogP contribution in [0.4, 0.5) is 0 Å². The number of aryl methyl sites for hydroxylation is 2. The molecule has 1 atom stereocenters. The van der Waals surface area contributed by atoms with Gasteiger partial charge < -0.3 is 4.52 Å². The smallest absolute Gasteiger partial charge is 0.245 e. The lowest BCUT2D eigenvalue weighted by Gasteiger charge is -2.09. The van der Waals surface area contributed by atoms with Gasteiger partial charge in [-0.3, -0.25) is 0 Å². The lowest BCUT2D eigenvalue weighted by atomic mass is 10.1. The second-order valence-corrected chi connectivity index (χ2v) is 8.71. The van der Waals surface area contributed by atoms with Gasteiger partial charge in [0.05, 0.1) is 11.5 Å². The van der Waals surface area contributed by atoms with Crippen LogP contribution in [0.25, 0.3) is 0 Å². The quantitative estimate of drug-likeness (QED) is 0.839. The molecule has 1 aliphatic rings. The number of sulfone groups is 1. The second-order valence-electron chi connectivity index (χ2n) is 4.77. The molecule has 7 nitrogen and oxygen atoms in total. The first-order valence-corrected chi connectivity index (χ1v) is 9.15. The van der Waals surface area contributed by atoms with Crippen LogP contribution in [-0.2, 0) is 19.9 Å². The number of nitrogens with one attached hydrogen (secondary N) is 1. The van der Waals surface area contributed by atoms with Crippen molar-refractivity contribution in [2.45, 2.75) is 25.2 Å². The molecule has 2 rings (SSSR count). The molecular weight excluding hydrogens is 292 g/mol. The van der Waals surface area contributed by atoms with Crippen LogP contribution in [0.2, 0.25) is 0 Å². The average molecular weight is 308 g/mol. The first-order valence-electron chi connectivity index (χ1n) is 5.84. The van der Waals surface area contributed by atoms with E-state index < -0.39 is 19.9 Å². The van der Waals surface area contributed by atoms with Crippen molar-refractivity contribution in [2.75, 3.05) is 18.1 Å². The highest BCUT2D eigenvalue weighted by atomic mass is 32.2. The monoisotopic (exact) mass is 308 g/mol. The molecule has 0 aromatic carbocycles. The van der Waals surface area contributed by atoms with Gasteiger partial charge in [-0.2, -0.15) is 0 Å². The van der Waals surface area contributed by atoms with Crippen molar-refractivity contribution in [2.24, 2.45) is 5.92 Å². The zero-order valence-corrected chi connectivity index (χ0v) is 12.3. The first kappa shape index (κ1) is 14.5. The van der Waals surface area contributed by atoms with Gasteiger partial charge >= 0.3 is 0 Å². The summed E-state index contributed by atoms with van der Waals surface area (Å²) in [5.41, 5.74) is 0.295. The minimum Gasteiger partial charge on any atom is -0.360 e. The molecule has 1 aliphatic heterocycles. The molecule has 0 unspecified atom stereocenters. The van der Waals surface area contributed by atoms with Crippen molar-refractivity contribution in [3.63, 3.8) is 0 Å². The van der Waals surface area contributed by atoms with Gasteiger partial charge in [0.25, 0.3) is 0 Å². The standard InChI is InChI=1S/C10H16N2O5S2/c1-7-10(8(2)17-12-7)19(15,16)11-5-9-3-4-18(13,14)6-9/h9,11H,3-6H2,1-2H3/t9-/m1/s1. The van der Waals surface area contributed by atoms with E-state index in [1.807, 2.05) is 0 Å². The highest BCUT2D eigenvalue weighted by molar-refractivity contribution is 7.91. The molecule has 0 bridgehead atoms. The van der Waals surface area contributed by atoms with Crippen molar-refractivity contribution in [3.8, 4) is 0 Å². The molecule has 1 saturated heterocycles. The van der Waals surface area contributed by atoms with Crippen LogP contribution in [0.15, 0.2) is 9.42 Å². The van der Waals surface area contributed by atoms with E-state index in [4.69, 9.17) is 4.52 Å². The van der Waals surface area contributed by atoms with Crippen LogP contribution in [0.1, 0.15) is 17.9 Å². The fourth-order valence-corrected chi connectivity index (χ4v) is 5.49. The van der Waals surface area contributed by atoms with E-state index in [9.17, 15) is 16.8 Å². The van der Waals surface area contributed by atoms with Crippen LogP contribution >= 0.6 is 0 Å². The molecule has 2 heterocycles. The van der Waals surface area contributed by atoms with Gasteiger partial charge in [-0.15, -0.1) is 0 Å². The van der Waals surface area contributed by atoms with Crippen molar-refractivity contribution in [1.82, 2.24) is 9.88 Å². The molecule has 0 aliphatic carbocycles. The van der Waals surface area contributed by atoms with Gasteiger partial charge in [-0.1, -0.05) is 5.16 Å². The highest BCUT2D eigenvalue weighted by Gasteiger charge is 2.30. The van der Waals surface area contributed by atoms with E-state index in [0.29, 0.717) is 12.1 Å². The van der Waals surface area contributed by atoms with Crippen molar-refractivity contribution < 1.29 is 21.4 Å². The maximum Gasteiger partial charge on any atom is 0.245 e. The zero-order valence-electron chi connectivity index (χ0n) is 10.7. The summed E-state index contributed by atoms with van der Waals surface area (Å²) in [5, 5.41) is 3.60. The molecule has 0 radical (unpaired) electrons. The normalized spacial score (nSPS) is 22.7. The summed E-state index contributed by atoms with van der Waals surface area (Å²) in [6.07, 6.45) is 0.493. The third kappa shape index (κ3) is 3.15. The van der Waals surface area contributed by atoms with Gasteiger partial charge in [0, 0.05) is 6.54 Å². The summed E-state index contributed by atoms with van der Waals surface area (Å²) >= 11 is 0. The lowest BCUT2D eigenvalue weighted by Crippen LogP contribution is -2.30. The minimum absolute atomic E-state index is 0.0355. The summed E-state index contributed by atoms with van der Waals surface area (Å²) in [6.45, 7) is 3.19. The second kappa shape index (κ2) is 4.88. The third-order valence-corrected chi connectivity index (χ3v) is 6.63. The molecule has 1 aromatic rings. The first-order chi connectivity index (χ1) is 8.71. The van der Waals surface area contributed by atoms with E-state index in [1.165, 1.54) is 6.92 Å². The van der Waals surface area contributed by atoms with Crippen LogP contribution < -0.4 is 4.72 Å². The summed E-state index contributed by atoms with van der Waals surface area (Å²) in [6, 6.07) is 0. The van der Waals surface area contributed by atoms with Crippen LogP contribution in [0.3, 0.4) is 0 Å². The Labute approximate surface area is 112 Å². The molecule has 1 N–H and O–H groups in total. The Hall–Kier alpha value is -0.930. The number of rotatable bonds is 4. The number of hydrogen-bond acceptors (Lipinski definition) is 6. The SMILES string of the molecule is Cc1noc(C)c1S(=O)(=O)NC[C@H]1CCS(=O)(=O)C1. The van der Waals surface area contributed by atoms with Gasteiger partial charge in [-0.25, -0.2) is 21.6 Å². The zero-order chi connectivity index (χ0) is 14.3. The third-order valence-electron chi connectivity index (χ3n) is 3.13. The Kier molecular flexibility index (Phi) is 3.72. The molecule has 0 amide bonds. The average Bonchev–Trinajstić information content (AvgIpc) is 2.79. The number of aromatic nitrogens is 1. The largest absolute Gasteiger partial charge is 0.360 e. The Balaban J connectivity index is 2.07. The molecular formula is C10H16N2O5S2. The fraction of sp³-hybridized carbons (Fsp3) is 0.700. The number of nitrogens with zero attached hydrogens (tertiary/aromatic N) is 1. The Bertz CT molecular complexity index is 655. The van der Waals surface area contributed by atoms with E-state index in [2.05, 4.69) is 9.88 Å². The molecule has 0 spiro atoms. The van der Waals surface area contributed by atoms with Gasteiger partial charge in [0.15, 0.2) is 15.6 Å². The van der Waals surface area contributed by atoms with E-state index in [1.54, 1.807) is 6.92 Å².